The van der Waals surface area contributed by atoms with Crippen LogP contribution in [0.3, 0.4) is 0 Å². The number of hydrogen-bond acceptors (Lipinski definition) is 5. The van der Waals surface area contributed by atoms with Gasteiger partial charge in [0.2, 0.25) is 0 Å². The van der Waals surface area contributed by atoms with Crippen molar-refractivity contribution in [2.24, 2.45) is 0 Å². The van der Waals surface area contributed by atoms with Gasteiger partial charge in [-0.15, -0.1) is 0 Å². The quantitative estimate of drug-likeness (QED) is 0.611. The topological polar surface area (TPSA) is 81.1 Å². The van der Waals surface area contributed by atoms with Gasteiger partial charge in [-0.1, -0.05) is 6.07 Å². The number of anilines is 4. The van der Waals surface area contributed by atoms with E-state index in [9.17, 15) is 4.79 Å². The molecular weight excluding hydrogens is 362 g/mol. The Balaban J connectivity index is 1.70. The molecular formula is C23H23N5O. The second-order valence-electron chi connectivity index (χ2n) is 6.42. The van der Waals surface area contributed by atoms with E-state index in [-0.39, 0.29) is 5.91 Å². The Labute approximate surface area is 170 Å². The standard InChI is InChI=1S/C23H23N5O/c1-3-28(4-2)21-10-8-19(9-11-21)27-23(29)18-12-13-25-22(15-18)26-20-7-5-6-17(14-20)16-24/h5-15H,3-4H2,1-2H3,(H,25,26)(H,27,29). The molecule has 6 heteroatoms. The molecule has 0 atom stereocenters. The van der Waals surface area contributed by atoms with Crippen LogP contribution in [0.4, 0.5) is 22.9 Å². The summed E-state index contributed by atoms with van der Waals surface area (Å²) in [7, 11) is 0. The number of pyridine rings is 1. The van der Waals surface area contributed by atoms with Crippen molar-refractivity contribution >= 4 is 28.8 Å². The number of aromatic nitrogens is 1. The molecule has 2 aromatic carbocycles. The molecule has 2 N–H and O–H groups in total. The molecule has 6 nitrogen and oxygen atoms in total. The average Bonchev–Trinajstić information content (AvgIpc) is 2.76. The molecule has 0 unspecified atom stereocenters. The van der Waals surface area contributed by atoms with Crippen LogP contribution in [0.15, 0.2) is 66.9 Å². The fourth-order valence-electron chi connectivity index (χ4n) is 3.00. The fourth-order valence-corrected chi connectivity index (χ4v) is 3.00. The summed E-state index contributed by atoms with van der Waals surface area (Å²) in [5.74, 6) is 0.321. The van der Waals surface area contributed by atoms with Gasteiger partial charge in [-0.25, -0.2) is 4.98 Å². The Kier molecular flexibility index (Phi) is 6.43. The van der Waals surface area contributed by atoms with E-state index in [2.05, 4.69) is 40.4 Å². The van der Waals surface area contributed by atoms with E-state index in [0.717, 1.165) is 30.2 Å². The highest BCUT2D eigenvalue weighted by atomic mass is 16.1. The van der Waals surface area contributed by atoms with Gasteiger partial charge >= 0.3 is 0 Å². The zero-order valence-corrected chi connectivity index (χ0v) is 16.5. The predicted molar refractivity (Wildman–Crippen MR) is 117 cm³/mol. The molecule has 1 amide bonds. The number of nitrogens with one attached hydrogen (secondary N) is 2. The molecule has 0 aliphatic heterocycles. The lowest BCUT2D eigenvalue weighted by atomic mass is 10.2. The van der Waals surface area contributed by atoms with Crippen molar-refractivity contribution in [3.63, 3.8) is 0 Å². The molecule has 146 valence electrons. The number of rotatable bonds is 7. The maximum atomic E-state index is 12.6. The number of amides is 1. The summed E-state index contributed by atoms with van der Waals surface area (Å²) in [5.41, 5.74) is 3.65. The van der Waals surface area contributed by atoms with Gasteiger partial charge in [-0.2, -0.15) is 5.26 Å². The van der Waals surface area contributed by atoms with Gasteiger partial charge in [0.1, 0.15) is 5.82 Å². The highest BCUT2D eigenvalue weighted by molar-refractivity contribution is 6.04. The highest BCUT2D eigenvalue weighted by Gasteiger charge is 2.09. The van der Waals surface area contributed by atoms with Gasteiger partial charge in [-0.05, 0) is 68.4 Å². The van der Waals surface area contributed by atoms with Crippen molar-refractivity contribution in [2.45, 2.75) is 13.8 Å². The zero-order valence-electron chi connectivity index (χ0n) is 16.5. The molecule has 0 saturated heterocycles. The van der Waals surface area contributed by atoms with Crippen molar-refractivity contribution < 1.29 is 4.79 Å². The Bertz CT molecular complexity index is 1020. The van der Waals surface area contributed by atoms with Crippen LogP contribution < -0.4 is 15.5 Å². The first-order valence-corrected chi connectivity index (χ1v) is 9.52. The summed E-state index contributed by atoms with van der Waals surface area (Å²) in [6.45, 7) is 6.11. The molecule has 0 saturated carbocycles. The van der Waals surface area contributed by atoms with Gasteiger partial charge in [0.25, 0.3) is 5.91 Å². The van der Waals surface area contributed by atoms with Crippen LogP contribution in [-0.4, -0.2) is 24.0 Å². The van der Waals surface area contributed by atoms with Gasteiger partial charge in [0.05, 0.1) is 11.6 Å². The van der Waals surface area contributed by atoms with E-state index in [1.165, 1.54) is 0 Å². The minimum absolute atomic E-state index is 0.211. The minimum atomic E-state index is -0.211. The lowest BCUT2D eigenvalue weighted by molar-refractivity contribution is 0.102. The second kappa shape index (κ2) is 9.38. The first-order valence-electron chi connectivity index (χ1n) is 9.52. The Morgan fingerprint density at radius 3 is 2.48 bits per heavy atom. The van der Waals surface area contributed by atoms with Crippen molar-refractivity contribution in [2.75, 3.05) is 28.6 Å². The van der Waals surface area contributed by atoms with E-state index in [1.807, 2.05) is 30.3 Å². The monoisotopic (exact) mass is 385 g/mol. The number of nitrogens with zero attached hydrogens (tertiary/aromatic N) is 3. The van der Waals surface area contributed by atoms with Gasteiger partial charge in [-0.3, -0.25) is 4.79 Å². The van der Waals surface area contributed by atoms with E-state index in [1.54, 1.807) is 36.5 Å². The smallest absolute Gasteiger partial charge is 0.255 e. The van der Waals surface area contributed by atoms with E-state index < -0.39 is 0 Å². The molecule has 0 aliphatic carbocycles. The van der Waals surface area contributed by atoms with Crippen LogP contribution >= 0.6 is 0 Å². The summed E-state index contributed by atoms with van der Waals surface area (Å²) >= 11 is 0. The molecule has 0 radical (unpaired) electrons. The Morgan fingerprint density at radius 2 is 1.79 bits per heavy atom. The molecule has 0 fully saturated rings. The molecule has 0 aliphatic rings. The Morgan fingerprint density at radius 1 is 1.03 bits per heavy atom. The van der Waals surface area contributed by atoms with Gasteiger partial charge in [0, 0.05) is 41.9 Å². The first kappa shape index (κ1) is 19.9. The van der Waals surface area contributed by atoms with E-state index in [4.69, 9.17) is 5.26 Å². The van der Waals surface area contributed by atoms with Crippen LogP contribution in [0.1, 0.15) is 29.8 Å². The fraction of sp³-hybridized carbons (Fsp3) is 0.174. The second-order valence-corrected chi connectivity index (χ2v) is 6.42. The van der Waals surface area contributed by atoms with E-state index >= 15 is 0 Å². The summed E-state index contributed by atoms with van der Waals surface area (Å²) < 4.78 is 0. The van der Waals surface area contributed by atoms with E-state index in [0.29, 0.717) is 16.9 Å². The third-order valence-corrected chi connectivity index (χ3v) is 4.54. The Hall–Kier alpha value is -3.85. The van der Waals surface area contributed by atoms with Crippen LogP contribution in [0, 0.1) is 11.3 Å². The van der Waals surface area contributed by atoms with Crippen LogP contribution in [-0.2, 0) is 0 Å². The molecule has 3 rings (SSSR count). The summed E-state index contributed by atoms with van der Waals surface area (Å²) in [6, 6.07) is 20.3. The number of carbonyl (C=O) groups excluding carboxylic acids is 1. The normalized spacial score (nSPS) is 10.1. The van der Waals surface area contributed by atoms with Crippen LogP contribution in [0.5, 0.6) is 0 Å². The third kappa shape index (κ3) is 5.11. The van der Waals surface area contributed by atoms with Crippen LogP contribution in [0.25, 0.3) is 0 Å². The average molecular weight is 385 g/mol. The molecule has 1 aromatic heterocycles. The van der Waals surface area contributed by atoms with Gasteiger partial charge in [0.15, 0.2) is 0 Å². The number of carbonyl (C=O) groups is 1. The number of nitriles is 1. The zero-order chi connectivity index (χ0) is 20.6. The largest absolute Gasteiger partial charge is 0.372 e. The molecule has 29 heavy (non-hydrogen) atoms. The van der Waals surface area contributed by atoms with Crippen LogP contribution in [0.2, 0.25) is 0 Å². The summed E-state index contributed by atoms with van der Waals surface area (Å²) in [6.07, 6.45) is 1.58. The lowest BCUT2D eigenvalue weighted by Gasteiger charge is -2.21. The van der Waals surface area contributed by atoms with Crippen molar-refractivity contribution in [3.8, 4) is 6.07 Å². The van der Waals surface area contributed by atoms with Crippen molar-refractivity contribution in [1.29, 1.82) is 5.26 Å². The molecule has 0 spiro atoms. The van der Waals surface area contributed by atoms with Crippen molar-refractivity contribution in [1.82, 2.24) is 4.98 Å². The molecule has 3 aromatic rings. The van der Waals surface area contributed by atoms with Gasteiger partial charge < -0.3 is 15.5 Å². The minimum Gasteiger partial charge on any atom is -0.372 e. The van der Waals surface area contributed by atoms with Crippen molar-refractivity contribution in [3.05, 3.63) is 78.0 Å². The third-order valence-electron chi connectivity index (χ3n) is 4.54. The maximum Gasteiger partial charge on any atom is 0.255 e. The predicted octanol–water partition coefficient (Wildman–Crippen LogP) is 4.80. The maximum absolute atomic E-state index is 12.6. The lowest BCUT2D eigenvalue weighted by Crippen LogP contribution is -2.21. The summed E-state index contributed by atoms with van der Waals surface area (Å²) in [4.78, 5) is 19.1. The summed E-state index contributed by atoms with van der Waals surface area (Å²) in [5, 5.41) is 15.0. The number of benzene rings is 2. The first-order chi connectivity index (χ1) is 14.1. The highest BCUT2D eigenvalue weighted by Crippen LogP contribution is 2.20. The SMILES string of the molecule is CCN(CC)c1ccc(NC(=O)c2ccnc(Nc3cccc(C#N)c3)c2)cc1. The molecule has 1 heterocycles. The number of hydrogen-bond donors (Lipinski definition) is 2. The molecule has 0 bridgehead atoms.